The minimum absolute atomic E-state index is 0.155. The minimum Gasteiger partial charge on any atom is -0.331 e. The number of amides is 1. The molecule has 2 heterocycles. The quantitative estimate of drug-likeness (QED) is 0.275. The molecule has 4 rings (SSSR count). The van der Waals surface area contributed by atoms with Gasteiger partial charge in [0.2, 0.25) is 0 Å². The SMILES string of the molecule is C=CCCn1cc(-c2cccc(NC(=O)c3ccccc3)c2)c2c(Cl)ncnc21.CC. The second-order valence-electron chi connectivity index (χ2n) is 6.58. The number of allylic oxidation sites excluding steroid dienone is 1. The Morgan fingerprint density at radius 2 is 1.90 bits per heavy atom. The number of halogens is 1. The summed E-state index contributed by atoms with van der Waals surface area (Å²) in [4.78, 5) is 21.0. The number of carbonyl (C=O) groups excluding carboxylic acids is 1. The van der Waals surface area contributed by atoms with Crippen molar-refractivity contribution >= 4 is 34.2 Å². The fraction of sp³-hybridized carbons (Fsp3) is 0.160. The van der Waals surface area contributed by atoms with Crippen molar-refractivity contribution in [2.24, 2.45) is 0 Å². The second kappa shape index (κ2) is 10.5. The molecule has 158 valence electrons. The topological polar surface area (TPSA) is 59.8 Å². The number of anilines is 1. The molecule has 0 aliphatic carbocycles. The number of aromatic nitrogens is 3. The summed E-state index contributed by atoms with van der Waals surface area (Å²) in [6, 6.07) is 16.8. The van der Waals surface area contributed by atoms with Crippen molar-refractivity contribution in [3.8, 4) is 11.1 Å². The lowest BCUT2D eigenvalue weighted by atomic mass is 10.1. The van der Waals surface area contributed by atoms with Gasteiger partial charge in [-0.25, -0.2) is 9.97 Å². The molecule has 0 bridgehead atoms. The number of nitrogens with zero attached hydrogens (tertiary/aromatic N) is 3. The smallest absolute Gasteiger partial charge is 0.255 e. The van der Waals surface area contributed by atoms with Crippen LogP contribution in [0.1, 0.15) is 30.6 Å². The predicted molar refractivity (Wildman–Crippen MR) is 129 cm³/mol. The van der Waals surface area contributed by atoms with Crippen LogP contribution in [0.3, 0.4) is 0 Å². The Bertz CT molecular complexity index is 1180. The molecule has 0 fully saturated rings. The van der Waals surface area contributed by atoms with E-state index in [4.69, 9.17) is 11.6 Å². The first-order valence-electron chi connectivity index (χ1n) is 10.2. The number of hydrogen-bond acceptors (Lipinski definition) is 3. The van der Waals surface area contributed by atoms with E-state index in [-0.39, 0.29) is 5.91 Å². The molecule has 4 aromatic rings. The lowest BCUT2D eigenvalue weighted by molar-refractivity contribution is 0.102. The lowest BCUT2D eigenvalue weighted by Crippen LogP contribution is -2.11. The summed E-state index contributed by atoms with van der Waals surface area (Å²) in [5, 5.41) is 4.15. The average Bonchev–Trinajstić information content (AvgIpc) is 3.20. The highest BCUT2D eigenvalue weighted by molar-refractivity contribution is 6.35. The molecule has 0 saturated carbocycles. The number of hydrogen-bond donors (Lipinski definition) is 1. The van der Waals surface area contributed by atoms with Crippen LogP contribution in [0.5, 0.6) is 0 Å². The molecule has 1 N–H and O–H groups in total. The van der Waals surface area contributed by atoms with E-state index in [1.54, 1.807) is 12.1 Å². The third-order valence-corrected chi connectivity index (χ3v) is 4.94. The van der Waals surface area contributed by atoms with Gasteiger partial charge >= 0.3 is 0 Å². The molecule has 0 saturated heterocycles. The van der Waals surface area contributed by atoms with Crippen LogP contribution in [0, 0.1) is 0 Å². The zero-order valence-electron chi connectivity index (χ0n) is 17.7. The van der Waals surface area contributed by atoms with E-state index in [1.165, 1.54) is 6.33 Å². The fourth-order valence-corrected chi connectivity index (χ4v) is 3.49. The van der Waals surface area contributed by atoms with Crippen LogP contribution in [-0.4, -0.2) is 20.4 Å². The van der Waals surface area contributed by atoms with Crippen LogP contribution in [0.15, 0.2) is 79.8 Å². The van der Waals surface area contributed by atoms with Crippen molar-refractivity contribution in [2.45, 2.75) is 26.8 Å². The molecule has 0 aliphatic heterocycles. The fourth-order valence-electron chi connectivity index (χ4n) is 3.26. The van der Waals surface area contributed by atoms with Crippen LogP contribution in [0.2, 0.25) is 5.15 Å². The highest BCUT2D eigenvalue weighted by atomic mass is 35.5. The Balaban J connectivity index is 0.00000132. The largest absolute Gasteiger partial charge is 0.331 e. The number of fused-ring (bicyclic) bond motifs is 1. The van der Waals surface area contributed by atoms with Gasteiger partial charge in [0, 0.05) is 29.6 Å². The molecule has 2 aromatic heterocycles. The molecule has 0 aliphatic rings. The molecule has 0 atom stereocenters. The molecular formula is C25H25ClN4O. The Morgan fingerprint density at radius 1 is 1.13 bits per heavy atom. The molecule has 0 radical (unpaired) electrons. The van der Waals surface area contributed by atoms with Crippen LogP contribution in [0.25, 0.3) is 22.2 Å². The maximum absolute atomic E-state index is 12.5. The van der Waals surface area contributed by atoms with Gasteiger partial charge in [-0.3, -0.25) is 4.79 Å². The summed E-state index contributed by atoms with van der Waals surface area (Å²) in [7, 11) is 0. The molecule has 1 amide bonds. The molecule has 2 aromatic carbocycles. The molecule has 0 unspecified atom stereocenters. The number of carbonyl (C=O) groups is 1. The molecule has 31 heavy (non-hydrogen) atoms. The molecule has 0 spiro atoms. The number of nitrogens with one attached hydrogen (secondary N) is 1. The monoisotopic (exact) mass is 432 g/mol. The van der Waals surface area contributed by atoms with Gasteiger partial charge in [-0.1, -0.05) is 61.9 Å². The summed E-state index contributed by atoms with van der Waals surface area (Å²) in [5.41, 5.74) is 3.94. The summed E-state index contributed by atoms with van der Waals surface area (Å²) < 4.78 is 2.05. The Morgan fingerprint density at radius 3 is 2.65 bits per heavy atom. The van der Waals surface area contributed by atoms with Gasteiger partial charge in [0.25, 0.3) is 5.91 Å². The van der Waals surface area contributed by atoms with E-state index in [2.05, 4.69) is 26.4 Å². The van der Waals surface area contributed by atoms with E-state index < -0.39 is 0 Å². The first kappa shape index (κ1) is 22.2. The number of aryl methyl sites for hydroxylation is 1. The zero-order chi connectivity index (χ0) is 22.2. The second-order valence-corrected chi connectivity index (χ2v) is 6.94. The normalized spacial score (nSPS) is 10.3. The van der Waals surface area contributed by atoms with E-state index in [9.17, 15) is 4.79 Å². The highest BCUT2D eigenvalue weighted by Crippen LogP contribution is 2.34. The zero-order valence-corrected chi connectivity index (χ0v) is 18.4. The van der Waals surface area contributed by atoms with E-state index >= 15 is 0 Å². The van der Waals surface area contributed by atoms with Crippen molar-refractivity contribution in [3.05, 3.63) is 90.5 Å². The first-order valence-corrected chi connectivity index (χ1v) is 10.6. The van der Waals surface area contributed by atoms with Gasteiger partial charge in [-0.2, -0.15) is 0 Å². The van der Waals surface area contributed by atoms with Gasteiger partial charge in [-0.05, 0) is 36.2 Å². The van der Waals surface area contributed by atoms with Crippen LogP contribution in [0.4, 0.5) is 5.69 Å². The van der Waals surface area contributed by atoms with Crippen molar-refractivity contribution < 1.29 is 4.79 Å². The number of rotatable bonds is 6. The minimum atomic E-state index is -0.155. The standard InChI is InChI=1S/C23H19ClN4O.C2H6/c1-2-3-12-28-14-19(20-21(24)25-15-26-22(20)28)17-10-7-11-18(13-17)27-23(29)16-8-5-4-6-9-16;1-2/h2,4-11,13-15H,1,3,12H2,(H,27,29);1-2H3. The van der Waals surface area contributed by atoms with Crippen LogP contribution >= 0.6 is 11.6 Å². The van der Waals surface area contributed by atoms with Gasteiger partial charge in [0.1, 0.15) is 17.1 Å². The third-order valence-electron chi connectivity index (χ3n) is 4.65. The van der Waals surface area contributed by atoms with Gasteiger partial charge < -0.3 is 9.88 Å². The number of benzene rings is 2. The Labute approximate surface area is 187 Å². The third kappa shape index (κ3) is 5.01. The Kier molecular flexibility index (Phi) is 7.57. The predicted octanol–water partition coefficient (Wildman–Crippen LogP) is 6.61. The summed E-state index contributed by atoms with van der Waals surface area (Å²) >= 11 is 6.41. The van der Waals surface area contributed by atoms with E-state index in [0.29, 0.717) is 16.4 Å². The maximum atomic E-state index is 12.5. The van der Waals surface area contributed by atoms with E-state index in [0.717, 1.165) is 35.1 Å². The molecule has 5 nitrogen and oxygen atoms in total. The maximum Gasteiger partial charge on any atom is 0.255 e. The summed E-state index contributed by atoms with van der Waals surface area (Å²) in [6.45, 7) is 8.54. The van der Waals surface area contributed by atoms with Crippen molar-refractivity contribution in [2.75, 3.05) is 5.32 Å². The Hall–Kier alpha value is -3.44. The van der Waals surface area contributed by atoms with Crippen molar-refractivity contribution in [1.29, 1.82) is 0 Å². The van der Waals surface area contributed by atoms with Gasteiger partial charge in [0.05, 0.1) is 5.39 Å². The van der Waals surface area contributed by atoms with Gasteiger partial charge in [0.15, 0.2) is 0 Å². The van der Waals surface area contributed by atoms with Crippen LogP contribution in [-0.2, 0) is 6.54 Å². The van der Waals surface area contributed by atoms with E-state index in [1.807, 2.05) is 68.6 Å². The van der Waals surface area contributed by atoms with Gasteiger partial charge in [-0.15, -0.1) is 6.58 Å². The first-order chi connectivity index (χ1) is 15.2. The van der Waals surface area contributed by atoms with Crippen LogP contribution < -0.4 is 5.32 Å². The van der Waals surface area contributed by atoms with Crippen molar-refractivity contribution in [3.63, 3.8) is 0 Å². The molecule has 6 heteroatoms. The summed E-state index contributed by atoms with van der Waals surface area (Å²) in [5.74, 6) is -0.155. The lowest BCUT2D eigenvalue weighted by Gasteiger charge is -2.07. The average molecular weight is 433 g/mol. The van der Waals surface area contributed by atoms with Crippen molar-refractivity contribution in [1.82, 2.24) is 14.5 Å². The molecular weight excluding hydrogens is 408 g/mol. The summed E-state index contributed by atoms with van der Waals surface area (Å²) in [6.07, 6.45) is 6.17. The highest BCUT2D eigenvalue weighted by Gasteiger charge is 2.16.